The minimum Gasteiger partial charge on any atom is -0.355 e. The molecule has 1 heterocycles. The number of hydrogen-bond donors (Lipinski definition) is 2. The van der Waals surface area contributed by atoms with Gasteiger partial charge in [0.25, 0.3) is 11.8 Å². The van der Waals surface area contributed by atoms with Crippen LogP contribution in [0.5, 0.6) is 0 Å². The number of anilines is 1. The van der Waals surface area contributed by atoms with Crippen molar-refractivity contribution in [3.05, 3.63) is 80.8 Å². The molecule has 0 radical (unpaired) electrons. The van der Waals surface area contributed by atoms with Crippen LogP contribution in [0.15, 0.2) is 48.5 Å². The van der Waals surface area contributed by atoms with Gasteiger partial charge in [-0.15, -0.1) is 11.3 Å². The van der Waals surface area contributed by atoms with Crippen LogP contribution in [-0.2, 0) is 6.42 Å². The summed E-state index contributed by atoms with van der Waals surface area (Å²) in [6, 6.07) is 15.3. The number of benzene rings is 2. The van der Waals surface area contributed by atoms with E-state index in [4.69, 9.17) is 0 Å². The van der Waals surface area contributed by atoms with Crippen LogP contribution in [0.4, 0.5) is 5.69 Å². The molecule has 27 heavy (non-hydrogen) atoms. The van der Waals surface area contributed by atoms with Gasteiger partial charge in [-0.1, -0.05) is 30.3 Å². The van der Waals surface area contributed by atoms with Gasteiger partial charge in [-0.05, 0) is 43.2 Å². The molecule has 3 rings (SSSR count). The molecule has 6 heteroatoms. The summed E-state index contributed by atoms with van der Waals surface area (Å²) >= 11 is 1.41. The van der Waals surface area contributed by atoms with Crippen molar-refractivity contribution in [2.75, 3.05) is 12.4 Å². The Morgan fingerprint density at radius 1 is 1.04 bits per heavy atom. The zero-order chi connectivity index (χ0) is 19.4. The molecule has 0 fully saturated rings. The standard InChI is InChI=1S/C21H21N3O2S/c1-13-11-16(20(25)22-3)9-10-17(13)24-21(26)19-14(2)23-18(27-19)12-15-7-5-4-6-8-15/h4-11H,12H2,1-3H3,(H,22,25)(H,24,26). The van der Waals surface area contributed by atoms with E-state index in [0.29, 0.717) is 22.5 Å². The fourth-order valence-corrected chi connectivity index (χ4v) is 3.77. The second-order valence-electron chi connectivity index (χ2n) is 6.25. The monoisotopic (exact) mass is 379 g/mol. The second kappa shape index (κ2) is 8.14. The van der Waals surface area contributed by atoms with Crippen molar-refractivity contribution in [1.29, 1.82) is 0 Å². The van der Waals surface area contributed by atoms with E-state index < -0.39 is 0 Å². The topological polar surface area (TPSA) is 71.1 Å². The summed E-state index contributed by atoms with van der Waals surface area (Å²) in [6.45, 7) is 3.71. The Bertz CT molecular complexity index is 980. The van der Waals surface area contributed by atoms with Crippen LogP contribution < -0.4 is 10.6 Å². The van der Waals surface area contributed by atoms with Crippen LogP contribution in [0.1, 0.15) is 41.9 Å². The molecule has 0 atom stereocenters. The van der Waals surface area contributed by atoms with Gasteiger partial charge in [-0.2, -0.15) is 0 Å². The van der Waals surface area contributed by atoms with Gasteiger partial charge in [-0.25, -0.2) is 4.98 Å². The molecular formula is C21H21N3O2S. The zero-order valence-electron chi connectivity index (χ0n) is 15.5. The molecule has 0 aliphatic rings. The van der Waals surface area contributed by atoms with Crippen molar-refractivity contribution < 1.29 is 9.59 Å². The first-order valence-electron chi connectivity index (χ1n) is 8.62. The maximum absolute atomic E-state index is 12.7. The number of hydrogen-bond acceptors (Lipinski definition) is 4. The molecule has 0 spiro atoms. The summed E-state index contributed by atoms with van der Waals surface area (Å²) in [5.41, 5.74) is 3.97. The average Bonchev–Trinajstić information content (AvgIpc) is 3.03. The fourth-order valence-electron chi connectivity index (χ4n) is 2.78. The third-order valence-electron chi connectivity index (χ3n) is 4.21. The highest BCUT2D eigenvalue weighted by molar-refractivity contribution is 7.14. The summed E-state index contributed by atoms with van der Waals surface area (Å²) < 4.78 is 0. The van der Waals surface area contributed by atoms with Crippen molar-refractivity contribution in [2.24, 2.45) is 0 Å². The Labute approximate surface area is 162 Å². The molecule has 0 saturated heterocycles. The van der Waals surface area contributed by atoms with E-state index in [2.05, 4.69) is 15.6 Å². The number of carbonyl (C=O) groups is 2. The highest BCUT2D eigenvalue weighted by Gasteiger charge is 2.17. The van der Waals surface area contributed by atoms with Gasteiger partial charge in [0.05, 0.1) is 10.7 Å². The maximum Gasteiger partial charge on any atom is 0.267 e. The largest absolute Gasteiger partial charge is 0.355 e. The van der Waals surface area contributed by atoms with Crippen molar-refractivity contribution >= 4 is 28.8 Å². The van der Waals surface area contributed by atoms with Gasteiger partial charge >= 0.3 is 0 Å². The Hall–Kier alpha value is -2.99. The predicted octanol–water partition coefficient (Wildman–Crippen LogP) is 3.96. The van der Waals surface area contributed by atoms with E-state index in [9.17, 15) is 9.59 Å². The maximum atomic E-state index is 12.7. The van der Waals surface area contributed by atoms with Crippen LogP contribution in [-0.4, -0.2) is 23.8 Å². The molecule has 138 valence electrons. The molecule has 2 amide bonds. The number of rotatable bonds is 5. The summed E-state index contributed by atoms with van der Waals surface area (Å²) in [5, 5.41) is 6.43. The van der Waals surface area contributed by atoms with Gasteiger partial charge in [-0.3, -0.25) is 9.59 Å². The van der Waals surface area contributed by atoms with E-state index in [1.807, 2.05) is 44.2 Å². The first-order chi connectivity index (χ1) is 13.0. The third-order valence-corrected chi connectivity index (χ3v) is 5.37. The number of aromatic nitrogens is 1. The normalized spacial score (nSPS) is 10.5. The molecule has 0 bridgehead atoms. The molecule has 1 aromatic heterocycles. The van der Waals surface area contributed by atoms with Crippen LogP contribution in [0.3, 0.4) is 0 Å². The van der Waals surface area contributed by atoms with Gasteiger partial charge in [0.15, 0.2) is 0 Å². The summed E-state index contributed by atoms with van der Waals surface area (Å²) in [6.07, 6.45) is 0.708. The molecular weight excluding hydrogens is 358 g/mol. The van der Waals surface area contributed by atoms with E-state index in [1.54, 1.807) is 25.2 Å². The SMILES string of the molecule is CNC(=O)c1ccc(NC(=O)c2sc(Cc3ccccc3)nc2C)c(C)c1. The number of thiazole rings is 1. The molecule has 0 aliphatic carbocycles. The summed E-state index contributed by atoms with van der Waals surface area (Å²) in [5.74, 6) is -0.333. The summed E-state index contributed by atoms with van der Waals surface area (Å²) in [7, 11) is 1.59. The van der Waals surface area contributed by atoms with Crippen LogP contribution in [0, 0.1) is 13.8 Å². The van der Waals surface area contributed by atoms with E-state index in [1.165, 1.54) is 16.9 Å². The highest BCUT2D eigenvalue weighted by atomic mass is 32.1. The minimum absolute atomic E-state index is 0.153. The number of nitrogens with one attached hydrogen (secondary N) is 2. The van der Waals surface area contributed by atoms with Crippen molar-refractivity contribution in [3.8, 4) is 0 Å². The lowest BCUT2D eigenvalue weighted by Gasteiger charge is -2.09. The van der Waals surface area contributed by atoms with E-state index >= 15 is 0 Å². The quantitative estimate of drug-likeness (QED) is 0.705. The number of aryl methyl sites for hydroxylation is 2. The van der Waals surface area contributed by atoms with E-state index in [0.717, 1.165) is 16.3 Å². The first kappa shape index (κ1) is 18.8. The molecule has 3 aromatic rings. The number of nitrogens with zero attached hydrogens (tertiary/aromatic N) is 1. The molecule has 0 unspecified atom stereocenters. The smallest absolute Gasteiger partial charge is 0.267 e. The van der Waals surface area contributed by atoms with Gasteiger partial charge in [0.1, 0.15) is 4.88 Å². The molecule has 5 nitrogen and oxygen atoms in total. The van der Waals surface area contributed by atoms with Crippen LogP contribution >= 0.6 is 11.3 Å². The second-order valence-corrected chi connectivity index (χ2v) is 7.33. The van der Waals surface area contributed by atoms with Crippen molar-refractivity contribution in [3.63, 3.8) is 0 Å². The molecule has 0 aliphatic heterocycles. The van der Waals surface area contributed by atoms with Crippen LogP contribution in [0.2, 0.25) is 0 Å². The highest BCUT2D eigenvalue weighted by Crippen LogP contribution is 2.23. The van der Waals surface area contributed by atoms with Crippen molar-refractivity contribution in [1.82, 2.24) is 10.3 Å². The Balaban J connectivity index is 1.76. The Morgan fingerprint density at radius 3 is 2.44 bits per heavy atom. The first-order valence-corrected chi connectivity index (χ1v) is 9.44. The van der Waals surface area contributed by atoms with E-state index in [-0.39, 0.29) is 11.8 Å². The average molecular weight is 379 g/mol. The molecule has 2 N–H and O–H groups in total. The summed E-state index contributed by atoms with van der Waals surface area (Å²) in [4.78, 5) is 29.6. The lowest BCUT2D eigenvalue weighted by molar-refractivity contribution is 0.0962. The van der Waals surface area contributed by atoms with Crippen LogP contribution in [0.25, 0.3) is 0 Å². The zero-order valence-corrected chi connectivity index (χ0v) is 16.3. The lowest BCUT2D eigenvalue weighted by atomic mass is 10.1. The van der Waals surface area contributed by atoms with Gasteiger partial charge in [0, 0.05) is 24.7 Å². The Morgan fingerprint density at radius 2 is 1.78 bits per heavy atom. The third kappa shape index (κ3) is 4.41. The number of amides is 2. The lowest BCUT2D eigenvalue weighted by Crippen LogP contribution is -2.18. The predicted molar refractivity (Wildman–Crippen MR) is 109 cm³/mol. The molecule has 0 saturated carbocycles. The minimum atomic E-state index is -0.180. The number of carbonyl (C=O) groups excluding carboxylic acids is 2. The fraction of sp³-hybridized carbons (Fsp3) is 0.190. The molecule has 2 aromatic carbocycles. The van der Waals surface area contributed by atoms with Gasteiger partial charge in [0.2, 0.25) is 0 Å². The Kier molecular flexibility index (Phi) is 5.66. The van der Waals surface area contributed by atoms with Gasteiger partial charge < -0.3 is 10.6 Å². The van der Waals surface area contributed by atoms with Crippen molar-refractivity contribution in [2.45, 2.75) is 20.3 Å².